The summed E-state index contributed by atoms with van der Waals surface area (Å²) in [4.78, 5) is 21.7. The quantitative estimate of drug-likeness (QED) is 0.626. The molecule has 0 unspecified atom stereocenters. The third-order valence-electron chi connectivity index (χ3n) is 4.98. The molecule has 0 radical (unpaired) electrons. The fourth-order valence-corrected chi connectivity index (χ4v) is 4.41. The van der Waals surface area contributed by atoms with Gasteiger partial charge in [-0.25, -0.2) is 4.98 Å². The minimum Gasteiger partial charge on any atom is -0.340 e. The number of piperazine rings is 1. The molecule has 4 nitrogen and oxygen atoms in total. The number of rotatable bonds is 5. The van der Waals surface area contributed by atoms with E-state index in [-0.39, 0.29) is 5.91 Å². The largest absolute Gasteiger partial charge is 0.340 e. The maximum absolute atomic E-state index is 12.6. The van der Waals surface area contributed by atoms with Crippen LogP contribution in [0.15, 0.2) is 60.0 Å². The van der Waals surface area contributed by atoms with Gasteiger partial charge in [-0.1, -0.05) is 60.1 Å². The Balaban J connectivity index is 1.29. The number of hydrogen-bond acceptors (Lipinski definition) is 4. The highest BCUT2D eigenvalue weighted by atomic mass is 35.5. The molecule has 2 aromatic carbocycles. The molecule has 3 aromatic rings. The third kappa shape index (κ3) is 4.61. The normalized spacial score (nSPS) is 15.0. The van der Waals surface area contributed by atoms with Crippen LogP contribution in [0, 0.1) is 0 Å². The Morgan fingerprint density at radius 3 is 2.46 bits per heavy atom. The van der Waals surface area contributed by atoms with Gasteiger partial charge in [0.25, 0.3) is 0 Å². The lowest BCUT2D eigenvalue weighted by molar-refractivity contribution is -0.132. The number of benzene rings is 2. The standard InChI is InChI=1S/C22H22ClN3OS/c23-20-9-5-4-8-18(20)14-21(27)26-12-10-25(11-13-26)15-19-16-28-22(24-19)17-6-2-1-3-7-17/h1-9,16H,10-15H2. The molecule has 2 heterocycles. The van der Waals surface area contributed by atoms with Gasteiger partial charge in [0.15, 0.2) is 0 Å². The average Bonchev–Trinajstić information content (AvgIpc) is 3.19. The van der Waals surface area contributed by atoms with Crippen LogP contribution in [0.3, 0.4) is 0 Å². The van der Waals surface area contributed by atoms with Crippen LogP contribution < -0.4 is 0 Å². The van der Waals surface area contributed by atoms with E-state index >= 15 is 0 Å². The van der Waals surface area contributed by atoms with Crippen molar-refractivity contribution in [2.24, 2.45) is 0 Å². The Hall–Kier alpha value is -2.21. The Bertz CT molecular complexity index is 936. The lowest BCUT2D eigenvalue weighted by Crippen LogP contribution is -2.48. The first-order valence-corrected chi connectivity index (χ1v) is 10.7. The molecule has 0 bridgehead atoms. The van der Waals surface area contributed by atoms with Gasteiger partial charge in [-0.15, -0.1) is 11.3 Å². The molecule has 1 amide bonds. The van der Waals surface area contributed by atoms with Gasteiger partial charge in [0.1, 0.15) is 5.01 Å². The fourth-order valence-electron chi connectivity index (χ4n) is 3.39. The van der Waals surface area contributed by atoms with E-state index < -0.39 is 0 Å². The molecule has 28 heavy (non-hydrogen) atoms. The SMILES string of the molecule is O=C(Cc1ccccc1Cl)N1CCN(Cc2csc(-c3ccccc3)n2)CC1. The lowest BCUT2D eigenvalue weighted by atomic mass is 10.1. The second-order valence-corrected chi connectivity index (χ2v) is 8.20. The zero-order valence-electron chi connectivity index (χ0n) is 15.6. The van der Waals surface area contributed by atoms with E-state index in [1.165, 1.54) is 0 Å². The Labute approximate surface area is 174 Å². The van der Waals surface area contributed by atoms with E-state index in [2.05, 4.69) is 22.4 Å². The van der Waals surface area contributed by atoms with Crippen molar-refractivity contribution < 1.29 is 4.79 Å². The predicted octanol–water partition coefficient (Wildman–Crippen LogP) is 4.35. The van der Waals surface area contributed by atoms with Crippen LogP contribution in [0.5, 0.6) is 0 Å². The Kier molecular flexibility index (Phi) is 6.05. The highest BCUT2D eigenvalue weighted by Crippen LogP contribution is 2.24. The summed E-state index contributed by atoms with van der Waals surface area (Å²) >= 11 is 7.87. The van der Waals surface area contributed by atoms with Crippen LogP contribution in [-0.2, 0) is 17.8 Å². The highest BCUT2D eigenvalue weighted by molar-refractivity contribution is 7.13. The zero-order chi connectivity index (χ0) is 19.3. The molecule has 0 aliphatic carbocycles. The number of thiazole rings is 1. The number of aromatic nitrogens is 1. The first-order valence-electron chi connectivity index (χ1n) is 9.42. The summed E-state index contributed by atoms with van der Waals surface area (Å²) in [5.41, 5.74) is 3.15. The number of carbonyl (C=O) groups is 1. The maximum atomic E-state index is 12.6. The number of amides is 1. The first-order chi connectivity index (χ1) is 13.7. The molecule has 6 heteroatoms. The second-order valence-electron chi connectivity index (χ2n) is 6.94. The molecule has 1 aliphatic rings. The molecule has 144 valence electrons. The summed E-state index contributed by atoms with van der Waals surface area (Å²) in [6.07, 6.45) is 0.367. The van der Waals surface area contributed by atoms with Crippen LogP contribution in [0.4, 0.5) is 0 Å². The number of carbonyl (C=O) groups excluding carboxylic acids is 1. The second kappa shape index (κ2) is 8.86. The minimum absolute atomic E-state index is 0.146. The van der Waals surface area contributed by atoms with Gasteiger partial charge in [0, 0.05) is 48.7 Å². The molecule has 0 N–H and O–H groups in total. The van der Waals surface area contributed by atoms with E-state index in [9.17, 15) is 4.79 Å². The van der Waals surface area contributed by atoms with Crippen LogP contribution >= 0.6 is 22.9 Å². The smallest absolute Gasteiger partial charge is 0.227 e. The van der Waals surface area contributed by atoms with Crippen molar-refractivity contribution in [1.82, 2.24) is 14.8 Å². The van der Waals surface area contributed by atoms with E-state index in [1.54, 1.807) is 11.3 Å². The van der Waals surface area contributed by atoms with Crippen molar-refractivity contribution >= 4 is 28.8 Å². The summed E-state index contributed by atoms with van der Waals surface area (Å²) in [6, 6.07) is 17.8. The molecule has 0 saturated carbocycles. The first kappa shape index (κ1) is 19.1. The predicted molar refractivity (Wildman–Crippen MR) is 115 cm³/mol. The van der Waals surface area contributed by atoms with E-state index in [0.29, 0.717) is 11.4 Å². The van der Waals surface area contributed by atoms with Crippen molar-refractivity contribution in [3.63, 3.8) is 0 Å². The average molecular weight is 412 g/mol. The van der Waals surface area contributed by atoms with Crippen molar-refractivity contribution in [3.8, 4) is 10.6 Å². The lowest BCUT2D eigenvalue weighted by Gasteiger charge is -2.34. The summed E-state index contributed by atoms with van der Waals surface area (Å²) in [6.45, 7) is 4.06. The van der Waals surface area contributed by atoms with Gasteiger partial charge in [-0.2, -0.15) is 0 Å². The molecular weight excluding hydrogens is 390 g/mol. The summed E-state index contributed by atoms with van der Waals surface area (Å²) < 4.78 is 0. The van der Waals surface area contributed by atoms with Gasteiger partial charge < -0.3 is 4.90 Å². The fraction of sp³-hybridized carbons (Fsp3) is 0.273. The van der Waals surface area contributed by atoms with Crippen molar-refractivity contribution in [1.29, 1.82) is 0 Å². The van der Waals surface area contributed by atoms with Gasteiger partial charge in [-0.05, 0) is 11.6 Å². The van der Waals surface area contributed by atoms with Crippen LogP contribution in [-0.4, -0.2) is 46.9 Å². The topological polar surface area (TPSA) is 36.4 Å². The van der Waals surface area contributed by atoms with Crippen LogP contribution in [0.25, 0.3) is 10.6 Å². The third-order valence-corrected chi connectivity index (χ3v) is 6.29. The van der Waals surface area contributed by atoms with Crippen molar-refractivity contribution in [2.45, 2.75) is 13.0 Å². The monoisotopic (exact) mass is 411 g/mol. The summed E-state index contributed by atoms with van der Waals surface area (Å²) in [5.74, 6) is 0.146. The van der Waals surface area contributed by atoms with Crippen LogP contribution in [0.1, 0.15) is 11.3 Å². The van der Waals surface area contributed by atoms with Crippen molar-refractivity contribution in [2.75, 3.05) is 26.2 Å². The molecule has 1 fully saturated rings. The van der Waals surface area contributed by atoms with Gasteiger partial charge in [-0.3, -0.25) is 9.69 Å². The summed E-state index contributed by atoms with van der Waals surface area (Å²) in [7, 11) is 0. The number of nitrogens with zero attached hydrogens (tertiary/aromatic N) is 3. The molecular formula is C22H22ClN3OS. The van der Waals surface area contributed by atoms with E-state index in [0.717, 1.165) is 54.6 Å². The zero-order valence-corrected chi connectivity index (χ0v) is 17.1. The van der Waals surface area contributed by atoms with Gasteiger partial charge in [0.05, 0.1) is 12.1 Å². The van der Waals surface area contributed by atoms with Gasteiger partial charge >= 0.3 is 0 Å². The molecule has 0 spiro atoms. The van der Waals surface area contributed by atoms with Crippen molar-refractivity contribution in [3.05, 3.63) is 76.3 Å². The molecule has 4 rings (SSSR count). The molecule has 1 aliphatic heterocycles. The molecule has 1 aromatic heterocycles. The minimum atomic E-state index is 0.146. The Morgan fingerprint density at radius 1 is 1.00 bits per heavy atom. The van der Waals surface area contributed by atoms with Crippen LogP contribution in [0.2, 0.25) is 5.02 Å². The van der Waals surface area contributed by atoms with Gasteiger partial charge in [0.2, 0.25) is 5.91 Å². The molecule has 1 saturated heterocycles. The van der Waals surface area contributed by atoms with E-state index in [1.807, 2.05) is 47.4 Å². The highest BCUT2D eigenvalue weighted by Gasteiger charge is 2.22. The Morgan fingerprint density at radius 2 is 1.71 bits per heavy atom. The maximum Gasteiger partial charge on any atom is 0.227 e. The van der Waals surface area contributed by atoms with E-state index in [4.69, 9.17) is 16.6 Å². The molecule has 0 atom stereocenters. The number of halogens is 1. The number of hydrogen-bond donors (Lipinski definition) is 0. The summed E-state index contributed by atoms with van der Waals surface area (Å²) in [5, 5.41) is 3.86.